The lowest BCUT2D eigenvalue weighted by molar-refractivity contribution is -0.00553. The zero-order valence-corrected chi connectivity index (χ0v) is 10.7. The predicted octanol–water partition coefficient (Wildman–Crippen LogP) is 0.857. The Morgan fingerprint density at radius 3 is 2.53 bits per heavy atom. The summed E-state index contributed by atoms with van der Waals surface area (Å²) in [5.74, 6) is 0.948. The van der Waals surface area contributed by atoms with Crippen molar-refractivity contribution in [1.82, 2.24) is 10.2 Å². The maximum Gasteiger partial charge on any atom is 0.154 e. The fraction of sp³-hybridized carbons (Fsp3) is 0.667. The summed E-state index contributed by atoms with van der Waals surface area (Å²) in [5.41, 5.74) is 7.52. The van der Waals surface area contributed by atoms with Gasteiger partial charge in [0.05, 0.1) is 17.9 Å². The second-order valence-electron chi connectivity index (χ2n) is 4.71. The Hall–Kier alpha value is -1.20. The van der Waals surface area contributed by atoms with Crippen LogP contribution in [0.5, 0.6) is 0 Å². The van der Waals surface area contributed by atoms with Crippen molar-refractivity contribution in [2.24, 2.45) is 5.73 Å². The average Bonchev–Trinajstić information content (AvgIpc) is 2.27. The fourth-order valence-corrected chi connectivity index (χ4v) is 2.30. The van der Waals surface area contributed by atoms with E-state index in [2.05, 4.69) is 28.9 Å². The van der Waals surface area contributed by atoms with Gasteiger partial charge in [-0.1, -0.05) is 0 Å². The maximum atomic E-state index is 5.71. The maximum absolute atomic E-state index is 5.71. The van der Waals surface area contributed by atoms with Gasteiger partial charge in [-0.15, -0.1) is 5.10 Å². The summed E-state index contributed by atoms with van der Waals surface area (Å²) in [5, 5.41) is 8.41. The van der Waals surface area contributed by atoms with Gasteiger partial charge in [0.2, 0.25) is 0 Å². The van der Waals surface area contributed by atoms with Crippen LogP contribution in [0.25, 0.3) is 0 Å². The first-order chi connectivity index (χ1) is 8.10. The largest absolute Gasteiger partial charge is 0.372 e. The van der Waals surface area contributed by atoms with Crippen LogP contribution >= 0.6 is 0 Å². The Morgan fingerprint density at radius 1 is 1.35 bits per heavy atom. The lowest BCUT2D eigenvalue weighted by atomic mass is 10.2. The number of nitrogens with zero attached hydrogens (tertiary/aromatic N) is 3. The van der Waals surface area contributed by atoms with Gasteiger partial charge >= 0.3 is 0 Å². The molecule has 5 nitrogen and oxygen atoms in total. The van der Waals surface area contributed by atoms with Gasteiger partial charge < -0.3 is 15.4 Å². The van der Waals surface area contributed by atoms with Gasteiger partial charge in [0.25, 0.3) is 0 Å². The highest BCUT2D eigenvalue weighted by molar-refractivity contribution is 5.46. The second kappa shape index (κ2) is 4.98. The van der Waals surface area contributed by atoms with E-state index in [-0.39, 0.29) is 12.2 Å². The first kappa shape index (κ1) is 12.3. The molecule has 0 bridgehead atoms. The molecule has 0 amide bonds. The number of nitrogens with two attached hydrogens (primary N) is 1. The zero-order valence-electron chi connectivity index (χ0n) is 10.7. The number of hydrogen-bond donors (Lipinski definition) is 1. The Kier molecular flexibility index (Phi) is 3.59. The zero-order chi connectivity index (χ0) is 12.4. The molecule has 1 aromatic rings. The van der Waals surface area contributed by atoms with Crippen LogP contribution in [0, 0.1) is 6.92 Å². The van der Waals surface area contributed by atoms with E-state index >= 15 is 0 Å². The van der Waals surface area contributed by atoms with Crippen molar-refractivity contribution >= 4 is 5.82 Å². The van der Waals surface area contributed by atoms with Gasteiger partial charge in [-0.25, -0.2) is 0 Å². The first-order valence-electron chi connectivity index (χ1n) is 6.04. The van der Waals surface area contributed by atoms with Crippen LogP contribution in [-0.4, -0.2) is 35.5 Å². The topological polar surface area (TPSA) is 64.3 Å². The van der Waals surface area contributed by atoms with Crippen molar-refractivity contribution < 1.29 is 4.74 Å². The monoisotopic (exact) mass is 236 g/mol. The minimum Gasteiger partial charge on any atom is -0.372 e. The summed E-state index contributed by atoms with van der Waals surface area (Å²) in [6.07, 6.45) is 0.461. The van der Waals surface area contributed by atoms with E-state index in [0.29, 0.717) is 6.54 Å². The quantitative estimate of drug-likeness (QED) is 0.825. The molecule has 0 aliphatic carbocycles. The molecule has 0 saturated carbocycles. The summed E-state index contributed by atoms with van der Waals surface area (Å²) < 4.78 is 5.71. The van der Waals surface area contributed by atoms with E-state index < -0.39 is 0 Å². The highest BCUT2D eigenvalue weighted by atomic mass is 16.5. The molecule has 0 spiro atoms. The molecule has 2 rings (SSSR count). The third-order valence-corrected chi connectivity index (χ3v) is 2.94. The number of morpholine rings is 1. The van der Waals surface area contributed by atoms with E-state index in [1.165, 1.54) is 0 Å². The molecule has 17 heavy (non-hydrogen) atoms. The van der Waals surface area contributed by atoms with Crippen molar-refractivity contribution in [1.29, 1.82) is 0 Å². The van der Waals surface area contributed by atoms with E-state index in [1.54, 1.807) is 0 Å². The van der Waals surface area contributed by atoms with Crippen molar-refractivity contribution in [3.05, 3.63) is 17.3 Å². The first-order valence-corrected chi connectivity index (χ1v) is 6.04. The molecule has 2 heterocycles. The molecule has 94 valence electrons. The van der Waals surface area contributed by atoms with Crippen LogP contribution in [0.3, 0.4) is 0 Å². The lowest BCUT2D eigenvalue weighted by Gasteiger charge is -2.36. The number of hydrogen-bond acceptors (Lipinski definition) is 5. The molecule has 1 fully saturated rings. The van der Waals surface area contributed by atoms with Crippen molar-refractivity contribution in [2.75, 3.05) is 18.0 Å². The van der Waals surface area contributed by atoms with Gasteiger partial charge in [0, 0.05) is 19.6 Å². The summed E-state index contributed by atoms with van der Waals surface area (Å²) in [4.78, 5) is 2.24. The van der Waals surface area contributed by atoms with Crippen LogP contribution in [-0.2, 0) is 11.3 Å². The SMILES string of the molecule is Cc1cc(CN)nnc1N1C[C@@H](C)O[C@@H](C)C1. The standard InChI is InChI=1S/C12H20N4O/c1-8-4-11(5-13)14-15-12(8)16-6-9(2)17-10(3)7-16/h4,9-10H,5-7,13H2,1-3H3/t9-,10+. The normalized spacial score (nSPS) is 25.1. The molecule has 1 aliphatic heterocycles. The van der Waals surface area contributed by atoms with E-state index in [4.69, 9.17) is 10.5 Å². The number of anilines is 1. The van der Waals surface area contributed by atoms with E-state index in [1.807, 2.05) is 13.0 Å². The number of aromatic nitrogens is 2. The summed E-state index contributed by atoms with van der Waals surface area (Å²) >= 11 is 0. The van der Waals surface area contributed by atoms with Crippen LogP contribution < -0.4 is 10.6 Å². The molecule has 5 heteroatoms. The molecule has 1 saturated heterocycles. The molecule has 0 radical (unpaired) electrons. The van der Waals surface area contributed by atoms with Crippen molar-refractivity contribution in [3.8, 4) is 0 Å². The lowest BCUT2D eigenvalue weighted by Crippen LogP contribution is -2.46. The molecular formula is C12H20N4O. The average molecular weight is 236 g/mol. The summed E-state index contributed by atoms with van der Waals surface area (Å²) in [7, 11) is 0. The number of aryl methyl sites for hydroxylation is 1. The third-order valence-electron chi connectivity index (χ3n) is 2.94. The summed E-state index contributed by atoms with van der Waals surface area (Å²) in [6, 6.07) is 2.01. The fourth-order valence-electron chi connectivity index (χ4n) is 2.30. The second-order valence-corrected chi connectivity index (χ2v) is 4.71. The minimum absolute atomic E-state index is 0.231. The number of ether oxygens (including phenoxy) is 1. The molecule has 0 unspecified atom stereocenters. The van der Waals surface area contributed by atoms with Gasteiger partial charge in [-0.2, -0.15) is 5.10 Å². The van der Waals surface area contributed by atoms with Crippen LogP contribution in [0.15, 0.2) is 6.07 Å². The minimum atomic E-state index is 0.231. The predicted molar refractivity (Wildman–Crippen MR) is 66.9 cm³/mol. The Bertz CT molecular complexity index is 386. The van der Waals surface area contributed by atoms with E-state index in [9.17, 15) is 0 Å². The van der Waals surface area contributed by atoms with E-state index in [0.717, 1.165) is 30.2 Å². The van der Waals surface area contributed by atoms with Gasteiger partial charge in [-0.05, 0) is 32.4 Å². The van der Waals surface area contributed by atoms with Gasteiger partial charge in [0.15, 0.2) is 5.82 Å². The Balaban J connectivity index is 2.21. The number of rotatable bonds is 2. The summed E-state index contributed by atoms with van der Waals surface area (Å²) in [6.45, 7) is 8.38. The molecule has 1 aliphatic rings. The smallest absolute Gasteiger partial charge is 0.154 e. The van der Waals surface area contributed by atoms with Crippen LogP contribution in [0.2, 0.25) is 0 Å². The molecular weight excluding hydrogens is 216 g/mol. The third kappa shape index (κ3) is 2.73. The highest BCUT2D eigenvalue weighted by Crippen LogP contribution is 2.21. The molecule has 0 aromatic carbocycles. The highest BCUT2D eigenvalue weighted by Gasteiger charge is 2.24. The van der Waals surface area contributed by atoms with Crippen molar-refractivity contribution in [3.63, 3.8) is 0 Å². The molecule has 2 atom stereocenters. The Labute approximate surface area is 102 Å². The van der Waals surface area contributed by atoms with Crippen LogP contribution in [0.4, 0.5) is 5.82 Å². The molecule has 1 aromatic heterocycles. The molecule has 2 N–H and O–H groups in total. The van der Waals surface area contributed by atoms with Gasteiger partial charge in [-0.3, -0.25) is 0 Å². The Morgan fingerprint density at radius 2 is 2.00 bits per heavy atom. The van der Waals surface area contributed by atoms with Gasteiger partial charge in [0.1, 0.15) is 0 Å². The van der Waals surface area contributed by atoms with Crippen LogP contribution in [0.1, 0.15) is 25.1 Å². The van der Waals surface area contributed by atoms with Crippen molar-refractivity contribution in [2.45, 2.75) is 39.5 Å².